The van der Waals surface area contributed by atoms with Crippen molar-refractivity contribution in [2.24, 2.45) is 0 Å². The molecule has 0 amide bonds. The van der Waals surface area contributed by atoms with Crippen LogP contribution in [0.25, 0.3) is 0 Å². The predicted molar refractivity (Wildman–Crippen MR) is 91.9 cm³/mol. The van der Waals surface area contributed by atoms with Crippen LogP contribution in [0, 0.1) is 0 Å². The summed E-state index contributed by atoms with van der Waals surface area (Å²) in [6.45, 7) is 4.84. The Labute approximate surface area is 137 Å². The van der Waals surface area contributed by atoms with E-state index in [9.17, 15) is 0 Å². The topological polar surface area (TPSA) is 9.23 Å². The second-order valence-electron chi connectivity index (χ2n) is 4.57. The van der Waals surface area contributed by atoms with Crippen molar-refractivity contribution in [3.63, 3.8) is 0 Å². The summed E-state index contributed by atoms with van der Waals surface area (Å²) in [5.74, 6) is 0.893. The van der Waals surface area contributed by atoms with E-state index in [0.29, 0.717) is 6.61 Å². The molecule has 0 N–H and O–H groups in total. The first kappa shape index (κ1) is 15.6. The molecule has 0 saturated carbocycles. The fourth-order valence-corrected chi connectivity index (χ4v) is 3.67. The summed E-state index contributed by atoms with van der Waals surface area (Å²) >= 11 is 7.42. The number of benzene rings is 2. The van der Waals surface area contributed by atoms with Crippen molar-refractivity contribution in [3.8, 4) is 5.75 Å². The van der Waals surface area contributed by atoms with Crippen molar-refractivity contribution >= 4 is 31.9 Å². The van der Waals surface area contributed by atoms with Gasteiger partial charge in [-0.2, -0.15) is 0 Å². The molecule has 0 fully saturated rings. The zero-order valence-corrected chi connectivity index (χ0v) is 14.9. The molecule has 20 heavy (non-hydrogen) atoms. The van der Waals surface area contributed by atoms with Crippen molar-refractivity contribution in [2.75, 3.05) is 6.61 Å². The molecule has 0 bridgehead atoms. The van der Waals surface area contributed by atoms with Crippen molar-refractivity contribution in [1.82, 2.24) is 0 Å². The van der Waals surface area contributed by atoms with Crippen molar-refractivity contribution in [1.29, 1.82) is 0 Å². The summed E-state index contributed by atoms with van der Waals surface area (Å²) in [5.41, 5.74) is 3.82. The highest BCUT2D eigenvalue weighted by atomic mass is 79.9. The molecular weight excluding hydrogens is 380 g/mol. The smallest absolute Gasteiger partial charge is 0.120 e. The quantitative estimate of drug-likeness (QED) is 0.571. The van der Waals surface area contributed by atoms with Gasteiger partial charge < -0.3 is 4.74 Å². The minimum absolute atomic E-state index is 0.179. The van der Waals surface area contributed by atoms with Crippen LogP contribution in [0.2, 0.25) is 0 Å². The van der Waals surface area contributed by atoms with Gasteiger partial charge in [0.2, 0.25) is 0 Å². The number of rotatable bonds is 5. The normalized spacial score (nSPS) is 12.2. The van der Waals surface area contributed by atoms with Crippen LogP contribution in [-0.4, -0.2) is 6.61 Å². The van der Waals surface area contributed by atoms with Gasteiger partial charge in [0.1, 0.15) is 5.75 Å². The Hall–Kier alpha value is -0.800. The van der Waals surface area contributed by atoms with Gasteiger partial charge in [-0.15, -0.1) is 0 Å². The van der Waals surface area contributed by atoms with E-state index in [4.69, 9.17) is 4.74 Å². The summed E-state index contributed by atoms with van der Waals surface area (Å²) < 4.78 is 6.57. The molecule has 2 aromatic carbocycles. The molecular formula is C17H18Br2O. The lowest BCUT2D eigenvalue weighted by atomic mass is 10.0. The van der Waals surface area contributed by atoms with Gasteiger partial charge in [-0.25, -0.2) is 0 Å². The molecule has 0 saturated heterocycles. The Balaban J connectivity index is 2.25. The minimum Gasteiger partial charge on any atom is -0.494 e. The standard InChI is InChI=1S/C17H18Br2O/c1-3-12-5-7-13(8-6-12)17(19)15-10-9-14(20-4-2)11-16(15)18/h5-11,17H,3-4H2,1-2H3. The molecule has 1 unspecified atom stereocenters. The van der Waals surface area contributed by atoms with Crippen LogP contribution in [0.1, 0.15) is 35.4 Å². The van der Waals surface area contributed by atoms with Crippen molar-refractivity contribution in [3.05, 3.63) is 63.6 Å². The Morgan fingerprint density at radius 2 is 1.75 bits per heavy atom. The lowest BCUT2D eigenvalue weighted by Gasteiger charge is -2.14. The van der Waals surface area contributed by atoms with Gasteiger partial charge in [0.25, 0.3) is 0 Å². The Morgan fingerprint density at radius 1 is 1.05 bits per heavy atom. The first-order valence-corrected chi connectivity index (χ1v) is 8.51. The third-order valence-electron chi connectivity index (χ3n) is 3.24. The Morgan fingerprint density at radius 3 is 2.30 bits per heavy atom. The highest BCUT2D eigenvalue weighted by molar-refractivity contribution is 9.11. The molecule has 0 aliphatic rings. The van der Waals surface area contributed by atoms with E-state index in [1.807, 2.05) is 19.1 Å². The second-order valence-corrected chi connectivity index (χ2v) is 6.34. The van der Waals surface area contributed by atoms with Gasteiger partial charge in [0, 0.05) is 4.47 Å². The molecule has 2 rings (SSSR count). The zero-order chi connectivity index (χ0) is 14.5. The molecule has 3 heteroatoms. The lowest BCUT2D eigenvalue weighted by Crippen LogP contribution is -1.97. The van der Waals surface area contributed by atoms with E-state index in [-0.39, 0.29) is 4.83 Å². The fourth-order valence-electron chi connectivity index (χ4n) is 2.07. The third-order valence-corrected chi connectivity index (χ3v) is 4.95. The molecule has 0 radical (unpaired) electrons. The first-order chi connectivity index (χ1) is 9.65. The number of aryl methyl sites for hydroxylation is 1. The molecule has 106 valence electrons. The first-order valence-electron chi connectivity index (χ1n) is 6.80. The van der Waals surface area contributed by atoms with Crippen LogP contribution in [0.3, 0.4) is 0 Å². The van der Waals surface area contributed by atoms with Crippen molar-refractivity contribution < 1.29 is 4.74 Å². The molecule has 0 aliphatic carbocycles. The van der Waals surface area contributed by atoms with E-state index in [1.54, 1.807) is 0 Å². The number of alkyl halides is 1. The van der Waals surface area contributed by atoms with Crippen LogP contribution in [0.15, 0.2) is 46.9 Å². The van der Waals surface area contributed by atoms with Crippen molar-refractivity contribution in [2.45, 2.75) is 25.1 Å². The third kappa shape index (κ3) is 3.64. The van der Waals surface area contributed by atoms with E-state index in [0.717, 1.165) is 16.6 Å². The number of halogens is 2. The number of hydrogen-bond acceptors (Lipinski definition) is 1. The predicted octanol–water partition coefficient (Wildman–Crippen LogP) is 5.89. The molecule has 1 atom stereocenters. The maximum Gasteiger partial charge on any atom is 0.120 e. The highest BCUT2D eigenvalue weighted by Gasteiger charge is 2.14. The van der Waals surface area contributed by atoms with E-state index in [2.05, 4.69) is 69.1 Å². The van der Waals surface area contributed by atoms with Gasteiger partial charge in [0.15, 0.2) is 0 Å². The summed E-state index contributed by atoms with van der Waals surface area (Å²) in [7, 11) is 0. The molecule has 1 nitrogen and oxygen atoms in total. The largest absolute Gasteiger partial charge is 0.494 e. The van der Waals surface area contributed by atoms with Crippen LogP contribution in [0.4, 0.5) is 0 Å². The molecule has 0 spiro atoms. The van der Waals surface area contributed by atoms with Gasteiger partial charge in [0.05, 0.1) is 11.4 Å². The van der Waals surface area contributed by atoms with Gasteiger partial charge in [-0.3, -0.25) is 0 Å². The zero-order valence-electron chi connectivity index (χ0n) is 11.7. The maximum absolute atomic E-state index is 5.51. The monoisotopic (exact) mass is 396 g/mol. The molecule has 0 aliphatic heterocycles. The summed E-state index contributed by atoms with van der Waals surface area (Å²) in [6.07, 6.45) is 1.07. The van der Waals surface area contributed by atoms with Crippen LogP contribution < -0.4 is 4.74 Å². The maximum atomic E-state index is 5.51. The van der Waals surface area contributed by atoms with Crippen LogP contribution in [0.5, 0.6) is 5.75 Å². The molecule has 2 aromatic rings. The highest BCUT2D eigenvalue weighted by Crippen LogP contribution is 2.37. The van der Waals surface area contributed by atoms with Crippen LogP contribution in [-0.2, 0) is 6.42 Å². The summed E-state index contributed by atoms with van der Waals surface area (Å²) in [5, 5.41) is 0. The van der Waals surface area contributed by atoms with Gasteiger partial charge in [-0.1, -0.05) is 69.1 Å². The summed E-state index contributed by atoms with van der Waals surface area (Å²) in [4.78, 5) is 0.179. The van der Waals surface area contributed by atoms with E-state index in [1.165, 1.54) is 16.7 Å². The van der Waals surface area contributed by atoms with Crippen LogP contribution >= 0.6 is 31.9 Å². The molecule has 0 heterocycles. The second kappa shape index (κ2) is 7.28. The average Bonchev–Trinajstić information content (AvgIpc) is 2.47. The SMILES string of the molecule is CCOc1ccc(C(Br)c2ccc(CC)cc2)c(Br)c1. The molecule has 0 aromatic heterocycles. The van der Waals surface area contributed by atoms with Gasteiger partial charge >= 0.3 is 0 Å². The van der Waals surface area contributed by atoms with E-state index < -0.39 is 0 Å². The average molecular weight is 398 g/mol. The number of hydrogen-bond donors (Lipinski definition) is 0. The van der Waals surface area contributed by atoms with E-state index >= 15 is 0 Å². The van der Waals surface area contributed by atoms with Gasteiger partial charge in [-0.05, 0) is 42.2 Å². The minimum atomic E-state index is 0.179. The Kier molecular flexibility index (Phi) is 5.67. The number of ether oxygens (including phenoxy) is 1. The lowest BCUT2D eigenvalue weighted by molar-refractivity contribution is 0.340. The summed E-state index contributed by atoms with van der Waals surface area (Å²) in [6, 6.07) is 14.9. The fraction of sp³-hybridized carbons (Fsp3) is 0.294. The Bertz CT molecular complexity index is 564.